The molecule has 152 valence electrons. The standard InChI is InChI=1S/C20H21N3O6/c24-18(22(14-19(25)26)13-11-15-4-2-1-3-5-15)10-12-21-20(27)16-6-8-17(9-7-16)23(28)29/h1-9H,10-14H2,(H,21,27)(H,25,26). The van der Waals surface area contributed by atoms with Crippen molar-refractivity contribution in [1.82, 2.24) is 10.2 Å². The average molecular weight is 399 g/mol. The van der Waals surface area contributed by atoms with E-state index in [0.717, 1.165) is 5.56 Å². The number of non-ortho nitro benzene ring substituents is 1. The zero-order valence-electron chi connectivity index (χ0n) is 15.6. The summed E-state index contributed by atoms with van der Waals surface area (Å²) in [6.07, 6.45) is 0.468. The third-order valence-corrected chi connectivity index (χ3v) is 4.16. The Hall–Kier alpha value is -3.75. The molecular weight excluding hydrogens is 378 g/mol. The highest BCUT2D eigenvalue weighted by Crippen LogP contribution is 2.11. The number of nitrogens with one attached hydrogen (secondary N) is 1. The second-order valence-corrected chi connectivity index (χ2v) is 6.25. The number of amides is 2. The number of benzene rings is 2. The van der Waals surface area contributed by atoms with Gasteiger partial charge >= 0.3 is 5.97 Å². The van der Waals surface area contributed by atoms with Gasteiger partial charge in [0.15, 0.2) is 0 Å². The molecule has 2 N–H and O–H groups in total. The van der Waals surface area contributed by atoms with Crippen LogP contribution in [0.4, 0.5) is 5.69 Å². The highest BCUT2D eigenvalue weighted by Gasteiger charge is 2.17. The molecular formula is C20H21N3O6. The molecule has 2 aromatic carbocycles. The lowest BCUT2D eigenvalue weighted by Gasteiger charge is -2.21. The van der Waals surface area contributed by atoms with Crippen molar-refractivity contribution < 1.29 is 24.4 Å². The minimum atomic E-state index is -1.11. The second kappa shape index (κ2) is 10.5. The zero-order valence-corrected chi connectivity index (χ0v) is 15.6. The average Bonchev–Trinajstić information content (AvgIpc) is 2.71. The molecule has 0 aliphatic rings. The molecule has 2 aromatic rings. The minimum Gasteiger partial charge on any atom is -0.480 e. The Bertz CT molecular complexity index is 868. The molecule has 0 bridgehead atoms. The van der Waals surface area contributed by atoms with Crippen molar-refractivity contribution in [2.24, 2.45) is 0 Å². The number of nitro groups is 1. The Labute approximate surface area is 167 Å². The van der Waals surface area contributed by atoms with Gasteiger partial charge in [0, 0.05) is 37.2 Å². The van der Waals surface area contributed by atoms with Gasteiger partial charge in [0.2, 0.25) is 5.91 Å². The van der Waals surface area contributed by atoms with Crippen LogP contribution in [0.2, 0.25) is 0 Å². The Morgan fingerprint density at radius 3 is 2.28 bits per heavy atom. The number of aliphatic carboxylic acids is 1. The van der Waals surface area contributed by atoms with Gasteiger partial charge in [0.1, 0.15) is 6.54 Å². The maximum Gasteiger partial charge on any atom is 0.323 e. The van der Waals surface area contributed by atoms with Crippen LogP contribution >= 0.6 is 0 Å². The van der Waals surface area contributed by atoms with Crippen LogP contribution < -0.4 is 5.32 Å². The number of carboxylic acids is 1. The SMILES string of the molecule is O=C(O)CN(CCc1ccccc1)C(=O)CCNC(=O)c1ccc([N+](=O)[O-])cc1. The van der Waals surface area contributed by atoms with Crippen LogP contribution in [0.3, 0.4) is 0 Å². The van der Waals surface area contributed by atoms with Crippen LogP contribution in [0, 0.1) is 10.1 Å². The first kappa shape index (κ1) is 21.5. The van der Waals surface area contributed by atoms with Crippen molar-refractivity contribution in [2.75, 3.05) is 19.6 Å². The number of hydrogen-bond donors (Lipinski definition) is 2. The number of carbonyl (C=O) groups is 3. The van der Waals surface area contributed by atoms with Gasteiger partial charge in [-0.25, -0.2) is 0 Å². The summed E-state index contributed by atoms with van der Waals surface area (Å²) in [5.74, 6) is -1.96. The smallest absolute Gasteiger partial charge is 0.323 e. The quantitative estimate of drug-likeness (QED) is 0.463. The van der Waals surface area contributed by atoms with Crippen LogP contribution in [-0.2, 0) is 16.0 Å². The van der Waals surface area contributed by atoms with E-state index in [-0.39, 0.29) is 36.7 Å². The summed E-state index contributed by atoms with van der Waals surface area (Å²) in [7, 11) is 0. The van der Waals surface area contributed by atoms with E-state index in [0.29, 0.717) is 6.42 Å². The van der Waals surface area contributed by atoms with E-state index in [1.165, 1.54) is 29.2 Å². The monoisotopic (exact) mass is 399 g/mol. The largest absolute Gasteiger partial charge is 0.480 e. The van der Waals surface area contributed by atoms with E-state index in [2.05, 4.69) is 5.32 Å². The van der Waals surface area contributed by atoms with Crippen molar-refractivity contribution >= 4 is 23.5 Å². The summed E-state index contributed by atoms with van der Waals surface area (Å²) < 4.78 is 0. The molecule has 0 spiro atoms. The molecule has 0 aliphatic carbocycles. The number of rotatable bonds is 10. The second-order valence-electron chi connectivity index (χ2n) is 6.25. The van der Waals surface area contributed by atoms with Gasteiger partial charge in [0.25, 0.3) is 11.6 Å². The number of nitro benzene ring substituents is 1. The predicted molar refractivity (Wildman–Crippen MR) is 104 cm³/mol. The summed E-state index contributed by atoms with van der Waals surface area (Å²) in [6.45, 7) is -0.135. The van der Waals surface area contributed by atoms with Crippen LogP contribution in [0.25, 0.3) is 0 Å². The third kappa shape index (κ3) is 7.06. The van der Waals surface area contributed by atoms with Crippen molar-refractivity contribution in [1.29, 1.82) is 0 Å². The van der Waals surface area contributed by atoms with E-state index in [1.807, 2.05) is 30.3 Å². The van der Waals surface area contributed by atoms with Crippen molar-refractivity contribution in [2.45, 2.75) is 12.8 Å². The first-order valence-electron chi connectivity index (χ1n) is 8.93. The molecule has 9 nitrogen and oxygen atoms in total. The Kier molecular flexibility index (Phi) is 7.84. The van der Waals surface area contributed by atoms with E-state index in [9.17, 15) is 24.5 Å². The highest BCUT2D eigenvalue weighted by atomic mass is 16.6. The normalized spacial score (nSPS) is 10.2. The number of nitrogens with zero attached hydrogens (tertiary/aromatic N) is 2. The molecule has 0 unspecified atom stereocenters. The summed E-state index contributed by atoms with van der Waals surface area (Å²) in [5, 5.41) is 22.2. The third-order valence-electron chi connectivity index (χ3n) is 4.16. The molecule has 0 radical (unpaired) electrons. The summed E-state index contributed by atoms with van der Waals surface area (Å²) in [5.41, 5.74) is 1.09. The lowest BCUT2D eigenvalue weighted by molar-refractivity contribution is -0.384. The molecule has 29 heavy (non-hydrogen) atoms. The van der Waals surface area contributed by atoms with Gasteiger partial charge in [-0.3, -0.25) is 24.5 Å². The van der Waals surface area contributed by atoms with Gasteiger partial charge in [-0.05, 0) is 24.1 Å². The Morgan fingerprint density at radius 1 is 1.03 bits per heavy atom. The molecule has 0 fully saturated rings. The number of hydrogen-bond acceptors (Lipinski definition) is 5. The van der Waals surface area contributed by atoms with Crippen LogP contribution in [0.15, 0.2) is 54.6 Å². The fourth-order valence-corrected chi connectivity index (χ4v) is 2.64. The topological polar surface area (TPSA) is 130 Å². The fraction of sp³-hybridized carbons (Fsp3) is 0.250. The van der Waals surface area contributed by atoms with Crippen LogP contribution in [0.5, 0.6) is 0 Å². The summed E-state index contributed by atoms with van der Waals surface area (Å²) in [4.78, 5) is 46.8. The molecule has 2 rings (SSSR count). The lowest BCUT2D eigenvalue weighted by atomic mass is 10.1. The van der Waals surface area contributed by atoms with Crippen molar-refractivity contribution in [3.05, 3.63) is 75.8 Å². The highest BCUT2D eigenvalue weighted by molar-refractivity contribution is 5.94. The molecule has 0 heterocycles. The van der Waals surface area contributed by atoms with Crippen molar-refractivity contribution in [3.63, 3.8) is 0 Å². The molecule has 0 atom stereocenters. The lowest BCUT2D eigenvalue weighted by Crippen LogP contribution is -2.39. The fourth-order valence-electron chi connectivity index (χ4n) is 2.64. The van der Waals surface area contributed by atoms with Crippen LogP contribution in [0.1, 0.15) is 22.3 Å². The maximum absolute atomic E-state index is 12.4. The van der Waals surface area contributed by atoms with E-state index < -0.39 is 23.3 Å². The van der Waals surface area contributed by atoms with Crippen LogP contribution in [-0.4, -0.2) is 52.3 Å². The molecule has 0 aromatic heterocycles. The molecule has 9 heteroatoms. The van der Waals surface area contributed by atoms with Gasteiger partial charge in [-0.15, -0.1) is 0 Å². The van der Waals surface area contributed by atoms with E-state index in [4.69, 9.17) is 5.11 Å². The zero-order chi connectivity index (χ0) is 21.2. The number of carbonyl (C=O) groups excluding carboxylic acids is 2. The molecule has 2 amide bonds. The van der Waals surface area contributed by atoms with Gasteiger partial charge in [0.05, 0.1) is 4.92 Å². The van der Waals surface area contributed by atoms with Gasteiger partial charge in [-0.2, -0.15) is 0 Å². The van der Waals surface area contributed by atoms with Gasteiger partial charge in [-0.1, -0.05) is 30.3 Å². The molecule has 0 saturated heterocycles. The van der Waals surface area contributed by atoms with E-state index >= 15 is 0 Å². The summed E-state index contributed by atoms with van der Waals surface area (Å²) in [6, 6.07) is 14.5. The maximum atomic E-state index is 12.4. The number of carboxylic acid groups (broad SMARTS) is 1. The first-order chi connectivity index (χ1) is 13.9. The van der Waals surface area contributed by atoms with Crippen molar-refractivity contribution in [3.8, 4) is 0 Å². The Balaban J connectivity index is 1.85. The molecule has 0 saturated carbocycles. The van der Waals surface area contributed by atoms with E-state index in [1.54, 1.807) is 0 Å². The Morgan fingerprint density at radius 2 is 1.69 bits per heavy atom. The predicted octanol–water partition coefficient (Wildman–Crippen LogP) is 1.87. The summed E-state index contributed by atoms with van der Waals surface area (Å²) >= 11 is 0. The first-order valence-corrected chi connectivity index (χ1v) is 8.93. The van der Waals surface area contributed by atoms with Gasteiger partial charge < -0.3 is 15.3 Å². The minimum absolute atomic E-state index is 0.0239. The molecule has 0 aliphatic heterocycles.